The van der Waals surface area contributed by atoms with Crippen molar-refractivity contribution in [3.63, 3.8) is 0 Å². The number of rotatable bonds is 5. The third-order valence-corrected chi connectivity index (χ3v) is 4.97. The van der Waals surface area contributed by atoms with Crippen LogP contribution in [-0.4, -0.2) is 56.0 Å². The quantitative estimate of drug-likeness (QED) is 0.721. The van der Waals surface area contributed by atoms with E-state index in [0.717, 1.165) is 24.1 Å². The highest BCUT2D eigenvalue weighted by molar-refractivity contribution is 5.97. The fourth-order valence-corrected chi connectivity index (χ4v) is 3.59. The summed E-state index contributed by atoms with van der Waals surface area (Å²) in [6, 6.07) is -1.15. The number of hydrogen-bond acceptors (Lipinski definition) is 7. The third-order valence-electron chi connectivity index (χ3n) is 4.97. The lowest BCUT2D eigenvalue weighted by Crippen LogP contribution is -2.48. The predicted molar refractivity (Wildman–Crippen MR) is 88.7 cm³/mol. The van der Waals surface area contributed by atoms with E-state index < -0.39 is 24.0 Å². The molecular formula is C17H19N5O4. The maximum Gasteiger partial charge on any atom is 0.331 e. The van der Waals surface area contributed by atoms with Gasteiger partial charge < -0.3 is 15.2 Å². The second-order valence-electron chi connectivity index (χ2n) is 6.71. The van der Waals surface area contributed by atoms with Gasteiger partial charge >= 0.3 is 5.97 Å². The largest absolute Gasteiger partial charge is 0.467 e. The van der Waals surface area contributed by atoms with Crippen LogP contribution >= 0.6 is 0 Å². The molecule has 2 aliphatic rings. The molecule has 1 fully saturated rings. The van der Waals surface area contributed by atoms with Crippen LogP contribution in [0, 0.1) is 5.92 Å². The molecule has 0 aliphatic heterocycles. The summed E-state index contributed by atoms with van der Waals surface area (Å²) < 4.78 is 6.32. The number of methoxy groups -OCH3 is 1. The van der Waals surface area contributed by atoms with Crippen LogP contribution in [0.3, 0.4) is 0 Å². The number of amides is 1. The first-order chi connectivity index (χ1) is 12.5. The lowest BCUT2D eigenvalue weighted by molar-refractivity contribution is -0.145. The van der Waals surface area contributed by atoms with E-state index >= 15 is 0 Å². The standard InChI is InChI=1S/C17H19N5O4/c1-8(23)13(17(25)26-2)20-16(24)14-11-6-9-5-10(9)15(11)22(21-14)12-7-18-3-4-19-12/h3-4,7-10,13,23H,5-6H2,1-2H3,(H,20,24)/t8?,9-,10-,13?/m0/s1. The molecular weight excluding hydrogens is 338 g/mol. The Balaban J connectivity index is 1.68. The Morgan fingerprint density at radius 2 is 2.23 bits per heavy atom. The number of aromatic nitrogens is 4. The van der Waals surface area contributed by atoms with Gasteiger partial charge in [-0.3, -0.25) is 9.78 Å². The number of aliphatic hydroxyl groups is 1. The highest BCUT2D eigenvalue weighted by atomic mass is 16.5. The molecule has 26 heavy (non-hydrogen) atoms. The topological polar surface area (TPSA) is 119 Å². The number of nitrogens with one attached hydrogen (secondary N) is 1. The number of esters is 1. The SMILES string of the molecule is COC(=O)C(NC(=O)c1nn(-c2cnccn2)c2c1C[C@@H]1C[C@H]21)C(C)O. The van der Waals surface area contributed by atoms with E-state index in [-0.39, 0.29) is 5.69 Å². The van der Waals surface area contributed by atoms with Gasteiger partial charge in [0.2, 0.25) is 0 Å². The van der Waals surface area contributed by atoms with Crippen molar-refractivity contribution in [1.82, 2.24) is 25.1 Å². The average molecular weight is 357 g/mol. The molecule has 136 valence electrons. The number of aliphatic hydroxyl groups excluding tert-OH is 1. The molecule has 2 unspecified atom stereocenters. The maximum atomic E-state index is 12.8. The number of carbonyl (C=O) groups is 2. The second kappa shape index (κ2) is 6.17. The van der Waals surface area contributed by atoms with Crippen molar-refractivity contribution >= 4 is 11.9 Å². The van der Waals surface area contributed by atoms with Gasteiger partial charge in [0.05, 0.1) is 25.1 Å². The first-order valence-electron chi connectivity index (χ1n) is 8.46. The Morgan fingerprint density at radius 3 is 2.88 bits per heavy atom. The van der Waals surface area contributed by atoms with Gasteiger partial charge in [-0.05, 0) is 25.7 Å². The molecule has 2 aromatic rings. The van der Waals surface area contributed by atoms with Crippen LogP contribution in [0.2, 0.25) is 0 Å². The fourth-order valence-electron chi connectivity index (χ4n) is 3.59. The maximum absolute atomic E-state index is 12.8. The van der Waals surface area contributed by atoms with Gasteiger partial charge in [0.15, 0.2) is 17.6 Å². The first kappa shape index (κ1) is 16.6. The smallest absolute Gasteiger partial charge is 0.331 e. The van der Waals surface area contributed by atoms with Crippen molar-refractivity contribution in [2.45, 2.75) is 37.8 Å². The van der Waals surface area contributed by atoms with E-state index in [1.165, 1.54) is 14.0 Å². The van der Waals surface area contributed by atoms with Crippen LogP contribution < -0.4 is 5.32 Å². The van der Waals surface area contributed by atoms with Gasteiger partial charge in [0.25, 0.3) is 5.91 Å². The van der Waals surface area contributed by atoms with E-state index in [2.05, 4.69) is 25.1 Å². The van der Waals surface area contributed by atoms with E-state index in [1.54, 1.807) is 23.3 Å². The van der Waals surface area contributed by atoms with Crippen molar-refractivity contribution in [2.75, 3.05) is 7.11 Å². The zero-order valence-corrected chi connectivity index (χ0v) is 14.4. The number of nitrogens with zero attached hydrogens (tertiary/aromatic N) is 4. The molecule has 9 heteroatoms. The number of carbonyl (C=O) groups excluding carboxylic acids is 2. The summed E-state index contributed by atoms with van der Waals surface area (Å²) in [6.45, 7) is 1.42. The van der Waals surface area contributed by atoms with Crippen LogP contribution in [0.4, 0.5) is 0 Å². The normalized spacial score (nSPS) is 22.1. The Bertz CT molecular complexity index is 864. The molecule has 9 nitrogen and oxygen atoms in total. The summed E-state index contributed by atoms with van der Waals surface area (Å²) in [5, 5.41) is 16.8. The number of ether oxygens (including phenoxy) is 1. The molecule has 2 aliphatic carbocycles. The van der Waals surface area contributed by atoms with Gasteiger partial charge in [-0.2, -0.15) is 5.10 Å². The van der Waals surface area contributed by atoms with Crippen LogP contribution in [0.15, 0.2) is 18.6 Å². The highest BCUT2D eigenvalue weighted by Gasteiger charge is 2.50. The van der Waals surface area contributed by atoms with Crippen molar-refractivity contribution in [3.8, 4) is 5.82 Å². The molecule has 0 spiro atoms. The van der Waals surface area contributed by atoms with Crippen molar-refractivity contribution < 1.29 is 19.4 Å². The van der Waals surface area contributed by atoms with Gasteiger partial charge in [-0.25, -0.2) is 14.5 Å². The first-order valence-corrected chi connectivity index (χ1v) is 8.46. The van der Waals surface area contributed by atoms with Gasteiger partial charge in [0.1, 0.15) is 0 Å². The van der Waals surface area contributed by atoms with Crippen LogP contribution in [-0.2, 0) is 16.0 Å². The zero-order valence-electron chi connectivity index (χ0n) is 14.4. The van der Waals surface area contributed by atoms with Crippen LogP contribution in [0.5, 0.6) is 0 Å². The summed E-state index contributed by atoms with van der Waals surface area (Å²) in [7, 11) is 1.21. The van der Waals surface area contributed by atoms with Crippen molar-refractivity contribution in [2.24, 2.45) is 5.92 Å². The molecule has 1 amide bonds. The Morgan fingerprint density at radius 1 is 1.42 bits per heavy atom. The molecule has 2 aromatic heterocycles. The predicted octanol–water partition coefficient (Wildman–Crippen LogP) is -0.0259. The van der Waals surface area contributed by atoms with Crippen molar-refractivity contribution in [3.05, 3.63) is 35.5 Å². The van der Waals surface area contributed by atoms with Gasteiger partial charge in [-0.1, -0.05) is 0 Å². The monoisotopic (exact) mass is 357 g/mol. The zero-order chi connectivity index (χ0) is 18.4. The third kappa shape index (κ3) is 2.64. The molecule has 4 atom stereocenters. The van der Waals surface area contributed by atoms with Crippen LogP contribution in [0.25, 0.3) is 5.82 Å². The molecule has 2 heterocycles. The summed E-state index contributed by atoms with van der Waals surface area (Å²) in [4.78, 5) is 32.9. The molecule has 1 saturated carbocycles. The van der Waals surface area contributed by atoms with E-state index in [4.69, 9.17) is 0 Å². The van der Waals surface area contributed by atoms with Crippen molar-refractivity contribution in [1.29, 1.82) is 0 Å². The summed E-state index contributed by atoms with van der Waals surface area (Å²) in [6.07, 6.45) is 5.51. The fraction of sp³-hybridized carbons (Fsp3) is 0.471. The summed E-state index contributed by atoms with van der Waals surface area (Å²) in [5.74, 6) is 0.248. The van der Waals surface area contributed by atoms with E-state index in [9.17, 15) is 14.7 Å². The summed E-state index contributed by atoms with van der Waals surface area (Å²) in [5.41, 5.74) is 2.13. The summed E-state index contributed by atoms with van der Waals surface area (Å²) >= 11 is 0. The lowest BCUT2D eigenvalue weighted by atomic mass is 10.1. The molecule has 2 N–H and O–H groups in total. The molecule has 0 saturated heterocycles. The van der Waals surface area contributed by atoms with E-state index in [1.807, 2.05) is 0 Å². The second-order valence-corrected chi connectivity index (χ2v) is 6.71. The van der Waals surface area contributed by atoms with Crippen LogP contribution in [0.1, 0.15) is 41.0 Å². The minimum Gasteiger partial charge on any atom is -0.467 e. The molecule has 0 radical (unpaired) electrons. The average Bonchev–Trinajstić information content (AvgIpc) is 3.14. The van der Waals surface area contributed by atoms with E-state index in [0.29, 0.717) is 17.7 Å². The number of fused-ring (bicyclic) bond motifs is 3. The van der Waals surface area contributed by atoms with Gasteiger partial charge in [-0.15, -0.1) is 0 Å². The highest BCUT2D eigenvalue weighted by Crippen LogP contribution is 2.57. The molecule has 0 bridgehead atoms. The lowest BCUT2D eigenvalue weighted by Gasteiger charge is -2.18. The van der Waals surface area contributed by atoms with Gasteiger partial charge in [0, 0.05) is 23.9 Å². The Hall–Kier alpha value is -2.81. The Labute approximate surface area is 149 Å². The molecule has 0 aromatic carbocycles. The minimum atomic E-state index is -1.15. The number of hydrogen-bond donors (Lipinski definition) is 2. The molecule has 4 rings (SSSR count). The minimum absolute atomic E-state index is 0.257. The Kier molecular flexibility index (Phi) is 3.95.